The number of aryl methyl sites for hydroxylation is 1. The van der Waals surface area contributed by atoms with Gasteiger partial charge in [-0.3, -0.25) is 4.98 Å². The zero-order chi connectivity index (χ0) is 15.2. The van der Waals surface area contributed by atoms with E-state index in [4.69, 9.17) is 4.98 Å². The summed E-state index contributed by atoms with van der Waals surface area (Å²) in [5, 5.41) is 5.06. The molecule has 0 saturated heterocycles. The molecule has 2 aromatic rings. The van der Waals surface area contributed by atoms with Crippen molar-refractivity contribution in [3.63, 3.8) is 0 Å². The number of unbranched alkanes of at least 4 members (excludes halogenated alkanes) is 4. The molecule has 2 nitrogen and oxygen atoms in total. The summed E-state index contributed by atoms with van der Waals surface area (Å²) in [6.07, 6.45) is 11.6. The first-order valence-electron chi connectivity index (χ1n) is 9.04. The molecular weight excluding hydrogens is 304 g/mol. The molecule has 3 heteroatoms. The minimum absolute atomic E-state index is 0. The molecule has 1 N–H and O–H groups in total. The highest BCUT2D eigenvalue weighted by Gasteiger charge is 2.17. The van der Waals surface area contributed by atoms with E-state index in [1.54, 1.807) is 0 Å². The molecule has 0 atom stereocenters. The summed E-state index contributed by atoms with van der Waals surface area (Å²) in [7, 11) is 0. The van der Waals surface area contributed by atoms with Crippen LogP contribution in [-0.4, -0.2) is 11.5 Å². The van der Waals surface area contributed by atoms with Crippen molar-refractivity contribution in [1.82, 2.24) is 4.98 Å². The van der Waals surface area contributed by atoms with E-state index in [1.807, 2.05) is 0 Å². The van der Waals surface area contributed by atoms with E-state index >= 15 is 0 Å². The largest absolute Gasteiger partial charge is 0.384 e. The Kier molecular flexibility index (Phi) is 7.16. The van der Waals surface area contributed by atoms with Crippen LogP contribution < -0.4 is 5.32 Å². The lowest BCUT2D eigenvalue weighted by molar-refractivity contribution is 0.643. The summed E-state index contributed by atoms with van der Waals surface area (Å²) in [5.41, 5.74) is 5.34. The van der Waals surface area contributed by atoms with E-state index in [0.717, 1.165) is 18.5 Å². The molecule has 0 aliphatic heterocycles. The lowest BCUT2D eigenvalue weighted by Gasteiger charge is -2.21. The lowest BCUT2D eigenvalue weighted by Crippen LogP contribution is -2.12. The smallest absolute Gasteiger partial charge is 0.0726 e. The molecule has 0 saturated carbocycles. The second kappa shape index (κ2) is 9.12. The van der Waals surface area contributed by atoms with Gasteiger partial charge in [0.1, 0.15) is 0 Å². The number of hydrogen-bond acceptors (Lipinski definition) is 2. The number of nitrogens with zero attached hydrogens (tertiary/aromatic N) is 1. The number of rotatable bonds is 7. The minimum Gasteiger partial charge on any atom is -0.384 e. The van der Waals surface area contributed by atoms with Crippen molar-refractivity contribution < 1.29 is 0 Å². The molecule has 3 rings (SSSR count). The van der Waals surface area contributed by atoms with E-state index in [1.165, 1.54) is 73.7 Å². The second-order valence-corrected chi connectivity index (χ2v) is 6.48. The molecule has 0 radical (unpaired) electrons. The Bertz CT molecular complexity index is 624. The van der Waals surface area contributed by atoms with Gasteiger partial charge in [-0.05, 0) is 43.7 Å². The van der Waals surface area contributed by atoms with Crippen LogP contribution in [0.3, 0.4) is 0 Å². The number of aromatic nitrogens is 1. The maximum Gasteiger partial charge on any atom is 0.0726 e. The fourth-order valence-electron chi connectivity index (χ4n) is 3.52. The first-order chi connectivity index (χ1) is 10.9. The molecule has 1 heterocycles. The van der Waals surface area contributed by atoms with Crippen LogP contribution in [0.15, 0.2) is 24.3 Å². The maximum absolute atomic E-state index is 4.91. The third kappa shape index (κ3) is 4.38. The predicted molar refractivity (Wildman–Crippen MR) is 103 cm³/mol. The van der Waals surface area contributed by atoms with Crippen LogP contribution in [0.2, 0.25) is 0 Å². The molecule has 1 aliphatic rings. The van der Waals surface area contributed by atoms with Gasteiger partial charge in [-0.25, -0.2) is 0 Å². The van der Waals surface area contributed by atoms with Gasteiger partial charge in [0.15, 0.2) is 0 Å². The number of benzene rings is 1. The van der Waals surface area contributed by atoms with Crippen molar-refractivity contribution in [2.75, 3.05) is 11.9 Å². The molecular formula is C20H29ClN2. The SMILES string of the molecule is CCCCCCCNc1c2c(nc3ccccc13)CCCC2.Cl. The predicted octanol–water partition coefficient (Wildman–Crippen LogP) is 5.92. The standard InChI is InChI=1S/C20H28N2.ClH/c1-2-3-4-5-10-15-21-20-16-11-6-8-13-18(16)22-19-14-9-7-12-17(19)20;/h6,8,11,13H,2-5,7,9-10,12,14-15H2,1H3,(H,21,22);1H. The van der Waals surface area contributed by atoms with E-state index < -0.39 is 0 Å². The van der Waals surface area contributed by atoms with Gasteiger partial charge < -0.3 is 5.32 Å². The van der Waals surface area contributed by atoms with Crippen LogP contribution in [0.1, 0.15) is 63.1 Å². The molecule has 1 aromatic carbocycles. The average molecular weight is 333 g/mol. The summed E-state index contributed by atoms with van der Waals surface area (Å²) in [6.45, 7) is 3.36. The van der Waals surface area contributed by atoms with Gasteiger partial charge in [-0.2, -0.15) is 0 Å². The molecule has 23 heavy (non-hydrogen) atoms. The summed E-state index contributed by atoms with van der Waals surface area (Å²) in [6, 6.07) is 8.60. The van der Waals surface area contributed by atoms with Gasteiger partial charge in [0.25, 0.3) is 0 Å². The molecule has 126 valence electrons. The van der Waals surface area contributed by atoms with E-state index in [9.17, 15) is 0 Å². The van der Waals surface area contributed by atoms with Crippen LogP contribution in [-0.2, 0) is 12.8 Å². The van der Waals surface area contributed by atoms with Crippen molar-refractivity contribution in [2.45, 2.75) is 64.7 Å². The number of nitrogens with one attached hydrogen (secondary N) is 1. The van der Waals surface area contributed by atoms with Crippen molar-refractivity contribution in [1.29, 1.82) is 0 Å². The van der Waals surface area contributed by atoms with E-state index in [0.29, 0.717) is 0 Å². The van der Waals surface area contributed by atoms with Gasteiger partial charge in [0, 0.05) is 23.3 Å². The Morgan fingerprint density at radius 1 is 1.00 bits per heavy atom. The second-order valence-electron chi connectivity index (χ2n) is 6.48. The maximum atomic E-state index is 4.91. The van der Waals surface area contributed by atoms with Gasteiger partial charge in [0.2, 0.25) is 0 Å². The van der Waals surface area contributed by atoms with Crippen molar-refractivity contribution in [3.8, 4) is 0 Å². The first-order valence-corrected chi connectivity index (χ1v) is 9.04. The Morgan fingerprint density at radius 2 is 1.78 bits per heavy atom. The van der Waals surface area contributed by atoms with Gasteiger partial charge >= 0.3 is 0 Å². The number of anilines is 1. The molecule has 0 amide bonds. The normalized spacial score (nSPS) is 13.4. The molecule has 0 spiro atoms. The molecule has 0 bridgehead atoms. The van der Waals surface area contributed by atoms with Crippen LogP contribution in [0, 0.1) is 0 Å². The number of fused-ring (bicyclic) bond motifs is 2. The van der Waals surface area contributed by atoms with E-state index in [-0.39, 0.29) is 12.4 Å². The summed E-state index contributed by atoms with van der Waals surface area (Å²) < 4.78 is 0. The van der Waals surface area contributed by atoms with Crippen LogP contribution in [0.5, 0.6) is 0 Å². The molecule has 1 aromatic heterocycles. The summed E-state index contributed by atoms with van der Waals surface area (Å²) in [5.74, 6) is 0. The first kappa shape index (κ1) is 18.1. The minimum atomic E-state index is 0. The highest BCUT2D eigenvalue weighted by molar-refractivity contribution is 5.93. The Hall–Kier alpha value is -1.28. The topological polar surface area (TPSA) is 24.9 Å². The zero-order valence-corrected chi connectivity index (χ0v) is 15.1. The quantitative estimate of drug-likeness (QED) is 0.637. The summed E-state index contributed by atoms with van der Waals surface area (Å²) >= 11 is 0. The van der Waals surface area contributed by atoms with Gasteiger partial charge in [-0.1, -0.05) is 50.8 Å². The monoisotopic (exact) mass is 332 g/mol. The highest BCUT2D eigenvalue weighted by atomic mass is 35.5. The number of halogens is 1. The Labute approximate surface area is 146 Å². The van der Waals surface area contributed by atoms with Crippen LogP contribution in [0.25, 0.3) is 10.9 Å². The fourth-order valence-corrected chi connectivity index (χ4v) is 3.52. The van der Waals surface area contributed by atoms with Gasteiger partial charge in [0.05, 0.1) is 5.52 Å². The van der Waals surface area contributed by atoms with Crippen LogP contribution in [0.4, 0.5) is 5.69 Å². The Morgan fingerprint density at radius 3 is 2.65 bits per heavy atom. The third-order valence-corrected chi connectivity index (χ3v) is 4.75. The highest BCUT2D eigenvalue weighted by Crippen LogP contribution is 2.33. The number of hydrogen-bond donors (Lipinski definition) is 1. The lowest BCUT2D eigenvalue weighted by atomic mass is 9.92. The Balaban J connectivity index is 0.00000192. The number of para-hydroxylation sites is 1. The van der Waals surface area contributed by atoms with Crippen LogP contribution >= 0.6 is 12.4 Å². The molecule has 0 fully saturated rings. The van der Waals surface area contributed by atoms with Gasteiger partial charge in [-0.15, -0.1) is 12.4 Å². The van der Waals surface area contributed by atoms with Crippen molar-refractivity contribution in [3.05, 3.63) is 35.5 Å². The molecule has 1 aliphatic carbocycles. The molecule has 0 unspecified atom stereocenters. The van der Waals surface area contributed by atoms with Crippen molar-refractivity contribution in [2.24, 2.45) is 0 Å². The zero-order valence-electron chi connectivity index (χ0n) is 14.2. The van der Waals surface area contributed by atoms with E-state index in [2.05, 4.69) is 36.5 Å². The summed E-state index contributed by atoms with van der Waals surface area (Å²) in [4.78, 5) is 4.91. The third-order valence-electron chi connectivity index (χ3n) is 4.75. The average Bonchev–Trinajstić information content (AvgIpc) is 2.57. The fraction of sp³-hybridized carbons (Fsp3) is 0.550. The number of pyridine rings is 1. The van der Waals surface area contributed by atoms with Crippen molar-refractivity contribution >= 4 is 29.0 Å².